The lowest BCUT2D eigenvalue weighted by Crippen LogP contribution is -1.96. The van der Waals surface area contributed by atoms with Crippen molar-refractivity contribution < 1.29 is 9.90 Å². The average molecular weight is 217 g/mol. The number of carboxylic acid groups (broad SMARTS) is 1. The molecule has 2 aromatic rings. The molecule has 0 aliphatic heterocycles. The lowest BCUT2D eigenvalue weighted by atomic mass is 10.0. The number of fused-ring (bicyclic) bond motifs is 1. The summed E-state index contributed by atoms with van der Waals surface area (Å²) in [6, 6.07) is 5.27. The number of aryl methyl sites for hydroxylation is 1. The molecule has 0 amide bonds. The SMILES string of the molecule is CC(C)c1cn(C)c2ccc(C(=O)O)cc12. The second kappa shape index (κ2) is 3.67. The molecule has 0 spiro atoms. The van der Waals surface area contributed by atoms with Gasteiger partial charge in [-0.1, -0.05) is 13.8 Å². The van der Waals surface area contributed by atoms with E-state index in [1.54, 1.807) is 12.1 Å². The summed E-state index contributed by atoms with van der Waals surface area (Å²) in [5.74, 6) is -0.479. The van der Waals surface area contributed by atoms with E-state index in [-0.39, 0.29) is 0 Å². The van der Waals surface area contributed by atoms with E-state index >= 15 is 0 Å². The van der Waals surface area contributed by atoms with Gasteiger partial charge in [0.15, 0.2) is 0 Å². The summed E-state index contributed by atoms with van der Waals surface area (Å²) < 4.78 is 2.04. The highest BCUT2D eigenvalue weighted by Gasteiger charge is 2.12. The maximum atomic E-state index is 10.9. The van der Waals surface area contributed by atoms with Crippen LogP contribution < -0.4 is 0 Å². The first-order chi connectivity index (χ1) is 7.50. The van der Waals surface area contributed by atoms with Crippen LogP contribution in [0.15, 0.2) is 24.4 Å². The summed E-state index contributed by atoms with van der Waals surface area (Å²) in [4.78, 5) is 10.9. The van der Waals surface area contributed by atoms with Gasteiger partial charge in [-0.15, -0.1) is 0 Å². The fourth-order valence-electron chi connectivity index (χ4n) is 2.02. The second-order valence-corrected chi connectivity index (χ2v) is 4.39. The van der Waals surface area contributed by atoms with Crippen LogP contribution >= 0.6 is 0 Å². The first-order valence-corrected chi connectivity index (χ1v) is 5.33. The number of rotatable bonds is 2. The monoisotopic (exact) mass is 217 g/mol. The average Bonchev–Trinajstić information content (AvgIpc) is 2.56. The molecule has 16 heavy (non-hydrogen) atoms. The molecule has 0 aliphatic carbocycles. The van der Waals surface area contributed by atoms with Crippen molar-refractivity contribution in [3.63, 3.8) is 0 Å². The molecule has 0 radical (unpaired) electrons. The minimum atomic E-state index is -0.875. The quantitative estimate of drug-likeness (QED) is 0.840. The highest BCUT2D eigenvalue weighted by Crippen LogP contribution is 2.27. The first-order valence-electron chi connectivity index (χ1n) is 5.33. The van der Waals surface area contributed by atoms with Crippen LogP contribution in [-0.2, 0) is 7.05 Å². The Morgan fingerprint density at radius 1 is 1.38 bits per heavy atom. The normalized spacial score (nSPS) is 11.2. The number of nitrogens with zero attached hydrogens (tertiary/aromatic N) is 1. The Hall–Kier alpha value is -1.77. The molecule has 1 aromatic carbocycles. The van der Waals surface area contributed by atoms with Crippen molar-refractivity contribution in [3.8, 4) is 0 Å². The van der Waals surface area contributed by atoms with Crippen LogP contribution in [0.4, 0.5) is 0 Å². The Bertz CT molecular complexity index is 552. The van der Waals surface area contributed by atoms with E-state index in [4.69, 9.17) is 5.11 Å². The maximum Gasteiger partial charge on any atom is 0.335 e. The van der Waals surface area contributed by atoms with Crippen molar-refractivity contribution in [2.45, 2.75) is 19.8 Å². The molecule has 0 aliphatic rings. The van der Waals surface area contributed by atoms with E-state index in [0.717, 1.165) is 10.9 Å². The predicted molar refractivity (Wildman–Crippen MR) is 64.0 cm³/mol. The molecule has 0 fully saturated rings. The van der Waals surface area contributed by atoms with Gasteiger partial charge in [0.2, 0.25) is 0 Å². The summed E-state index contributed by atoms with van der Waals surface area (Å²) >= 11 is 0. The molecule has 0 bridgehead atoms. The Morgan fingerprint density at radius 3 is 2.62 bits per heavy atom. The van der Waals surface area contributed by atoms with Gasteiger partial charge in [-0.05, 0) is 29.7 Å². The third kappa shape index (κ3) is 1.58. The molecule has 1 N–H and O–H groups in total. The van der Waals surface area contributed by atoms with Gasteiger partial charge in [-0.2, -0.15) is 0 Å². The number of hydrogen-bond donors (Lipinski definition) is 1. The Kier molecular flexibility index (Phi) is 2.46. The molecule has 2 rings (SSSR count). The minimum absolute atomic E-state index is 0.348. The molecule has 1 aromatic heterocycles. The van der Waals surface area contributed by atoms with Crippen LogP contribution in [0, 0.1) is 0 Å². The van der Waals surface area contributed by atoms with E-state index in [9.17, 15) is 4.79 Å². The summed E-state index contributed by atoms with van der Waals surface area (Å²) in [7, 11) is 1.98. The smallest absolute Gasteiger partial charge is 0.335 e. The van der Waals surface area contributed by atoms with Crippen LogP contribution in [-0.4, -0.2) is 15.6 Å². The molecule has 1 heterocycles. The predicted octanol–water partition coefficient (Wildman–Crippen LogP) is 3.00. The van der Waals surface area contributed by atoms with E-state index in [0.29, 0.717) is 11.5 Å². The standard InChI is InChI=1S/C13H15NO2/c1-8(2)11-7-14(3)12-5-4-9(13(15)16)6-10(11)12/h4-8H,1-3H3,(H,15,16). The Morgan fingerprint density at radius 2 is 2.06 bits per heavy atom. The van der Waals surface area contributed by atoms with Crippen LogP contribution in [0.25, 0.3) is 10.9 Å². The van der Waals surface area contributed by atoms with Gasteiger partial charge in [0.05, 0.1) is 5.56 Å². The number of benzene rings is 1. The molecule has 3 heteroatoms. The van der Waals surface area contributed by atoms with Crippen LogP contribution in [0.1, 0.15) is 35.7 Å². The largest absolute Gasteiger partial charge is 0.478 e. The van der Waals surface area contributed by atoms with Gasteiger partial charge < -0.3 is 9.67 Å². The van der Waals surface area contributed by atoms with Crippen molar-refractivity contribution in [2.24, 2.45) is 7.05 Å². The molecule has 0 unspecified atom stereocenters. The van der Waals surface area contributed by atoms with E-state index in [1.165, 1.54) is 5.56 Å². The fraction of sp³-hybridized carbons (Fsp3) is 0.308. The minimum Gasteiger partial charge on any atom is -0.478 e. The first kappa shape index (κ1) is 10.7. The summed E-state index contributed by atoms with van der Waals surface area (Å²) in [5.41, 5.74) is 2.62. The van der Waals surface area contributed by atoms with Gasteiger partial charge in [0.25, 0.3) is 0 Å². The van der Waals surface area contributed by atoms with Gasteiger partial charge in [-0.25, -0.2) is 4.79 Å². The van der Waals surface area contributed by atoms with Crippen molar-refractivity contribution >= 4 is 16.9 Å². The molecule has 0 saturated heterocycles. The lowest BCUT2D eigenvalue weighted by Gasteiger charge is -2.02. The Balaban J connectivity index is 2.74. The van der Waals surface area contributed by atoms with Crippen LogP contribution in [0.3, 0.4) is 0 Å². The fourth-order valence-corrected chi connectivity index (χ4v) is 2.02. The van der Waals surface area contributed by atoms with E-state index < -0.39 is 5.97 Å². The zero-order valence-corrected chi connectivity index (χ0v) is 9.69. The van der Waals surface area contributed by atoms with Crippen molar-refractivity contribution in [3.05, 3.63) is 35.5 Å². The highest BCUT2D eigenvalue weighted by molar-refractivity contribution is 5.95. The number of hydrogen-bond acceptors (Lipinski definition) is 1. The van der Waals surface area contributed by atoms with Gasteiger partial charge in [0, 0.05) is 24.1 Å². The van der Waals surface area contributed by atoms with Crippen LogP contribution in [0.2, 0.25) is 0 Å². The van der Waals surface area contributed by atoms with Gasteiger partial charge >= 0.3 is 5.97 Å². The van der Waals surface area contributed by atoms with Gasteiger partial charge in [0.1, 0.15) is 0 Å². The lowest BCUT2D eigenvalue weighted by molar-refractivity contribution is 0.0697. The third-order valence-electron chi connectivity index (χ3n) is 2.89. The Labute approximate surface area is 94.3 Å². The van der Waals surface area contributed by atoms with Crippen LogP contribution in [0.5, 0.6) is 0 Å². The maximum absolute atomic E-state index is 10.9. The number of carbonyl (C=O) groups is 1. The molecular weight excluding hydrogens is 202 g/mol. The summed E-state index contributed by atoms with van der Waals surface area (Å²) in [6.07, 6.45) is 2.07. The van der Waals surface area contributed by atoms with Crippen molar-refractivity contribution in [1.82, 2.24) is 4.57 Å². The number of aromatic nitrogens is 1. The van der Waals surface area contributed by atoms with Crippen molar-refractivity contribution in [1.29, 1.82) is 0 Å². The molecule has 84 valence electrons. The number of aromatic carboxylic acids is 1. The zero-order valence-electron chi connectivity index (χ0n) is 9.69. The zero-order chi connectivity index (χ0) is 11.9. The number of carboxylic acids is 1. The molecular formula is C13H15NO2. The van der Waals surface area contributed by atoms with Crippen molar-refractivity contribution in [2.75, 3.05) is 0 Å². The van der Waals surface area contributed by atoms with Gasteiger partial charge in [-0.3, -0.25) is 0 Å². The van der Waals surface area contributed by atoms with E-state index in [2.05, 4.69) is 20.0 Å². The summed E-state index contributed by atoms with van der Waals surface area (Å²) in [5, 5.41) is 10.0. The molecule has 0 saturated carbocycles. The molecule has 3 nitrogen and oxygen atoms in total. The molecule has 0 atom stereocenters. The topological polar surface area (TPSA) is 42.2 Å². The van der Waals surface area contributed by atoms with E-state index in [1.807, 2.05) is 17.7 Å². The second-order valence-electron chi connectivity index (χ2n) is 4.39. The highest BCUT2D eigenvalue weighted by atomic mass is 16.4. The third-order valence-corrected chi connectivity index (χ3v) is 2.89. The summed E-state index contributed by atoms with van der Waals surface area (Å²) in [6.45, 7) is 4.23.